The number of halogens is 1. The minimum absolute atomic E-state index is 0.0766. The van der Waals surface area contributed by atoms with Crippen molar-refractivity contribution in [2.75, 3.05) is 18.4 Å². The SMILES string of the molecule is CC(=O)Nc1ccc(-c2ccc(COC3CCN(C(=O)Cc4ccc(Cl)cc4)CC3)cc2)cc1. The topological polar surface area (TPSA) is 58.6 Å². The number of piperidine rings is 1. The van der Waals surface area contributed by atoms with E-state index < -0.39 is 0 Å². The molecule has 1 aliphatic rings. The highest BCUT2D eigenvalue weighted by Crippen LogP contribution is 2.23. The molecule has 2 amide bonds. The summed E-state index contributed by atoms with van der Waals surface area (Å²) in [5, 5.41) is 3.46. The lowest BCUT2D eigenvalue weighted by Crippen LogP contribution is -2.41. The zero-order valence-corrected chi connectivity index (χ0v) is 20.1. The molecule has 34 heavy (non-hydrogen) atoms. The third kappa shape index (κ3) is 6.69. The Kier molecular flexibility index (Phi) is 7.99. The summed E-state index contributed by atoms with van der Waals surface area (Å²) in [6, 6.07) is 23.6. The second-order valence-corrected chi connectivity index (χ2v) is 9.09. The average molecular weight is 477 g/mol. The van der Waals surface area contributed by atoms with Crippen LogP contribution in [0.2, 0.25) is 5.02 Å². The van der Waals surface area contributed by atoms with Gasteiger partial charge in [-0.15, -0.1) is 0 Å². The van der Waals surface area contributed by atoms with Gasteiger partial charge in [0.2, 0.25) is 11.8 Å². The molecule has 176 valence electrons. The predicted molar refractivity (Wildman–Crippen MR) is 136 cm³/mol. The number of carbonyl (C=O) groups is 2. The molecule has 0 radical (unpaired) electrons. The fraction of sp³-hybridized carbons (Fsp3) is 0.286. The van der Waals surface area contributed by atoms with E-state index >= 15 is 0 Å². The molecule has 0 atom stereocenters. The van der Waals surface area contributed by atoms with Gasteiger partial charge < -0.3 is 15.0 Å². The number of anilines is 1. The average Bonchev–Trinajstić information content (AvgIpc) is 2.85. The van der Waals surface area contributed by atoms with E-state index in [0.29, 0.717) is 18.1 Å². The van der Waals surface area contributed by atoms with E-state index in [4.69, 9.17) is 16.3 Å². The van der Waals surface area contributed by atoms with Crippen molar-refractivity contribution in [3.8, 4) is 11.1 Å². The smallest absolute Gasteiger partial charge is 0.226 e. The molecule has 0 spiro atoms. The van der Waals surface area contributed by atoms with E-state index in [9.17, 15) is 9.59 Å². The zero-order valence-electron chi connectivity index (χ0n) is 19.3. The molecule has 1 N–H and O–H groups in total. The number of ether oxygens (including phenoxy) is 1. The Bertz CT molecular complexity index is 1100. The number of carbonyl (C=O) groups excluding carboxylic acids is 2. The van der Waals surface area contributed by atoms with Crippen molar-refractivity contribution in [2.24, 2.45) is 0 Å². The minimum Gasteiger partial charge on any atom is -0.373 e. The first kappa shape index (κ1) is 24.0. The maximum Gasteiger partial charge on any atom is 0.226 e. The Hall–Kier alpha value is -3.15. The molecule has 0 aliphatic carbocycles. The zero-order chi connectivity index (χ0) is 23.9. The van der Waals surface area contributed by atoms with Crippen LogP contribution in [0.5, 0.6) is 0 Å². The fourth-order valence-electron chi connectivity index (χ4n) is 4.12. The van der Waals surface area contributed by atoms with Crippen LogP contribution >= 0.6 is 11.6 Å². The predicted octanol–water partition coefficient (Wildman–Crippen LogP) is 5.72. The Morgan fingerprint density at radius 3 is 2.03 bits per heavy atom. The Balaban J connectivity index is 1.22. The van der Waals surface area contributed by atoms with Gasteiger partial charge in [0.05, 0.1) is 19.1 Å². The molecule has 5 nitrogen and oxygen atoms in total. The standard InChI is InChI=1S/C28H29ClN2O3/c1-20(32)30-26-12-8-24(9-13-26)23-6-2-22(3-7-23)19-34-27-14-16-31(17-15-27)28(33)18-21-4-10-25(29)11-5-21/h2-13,27H,14-19H2,1H3,(H,30,32). The number of likely N-dealkylation sites (tertiary alicyclic amines) is 1. The van der Waals surface area contributed by atoms with Crippen molar-refractivity contribution in [2.45, 2.75) is 38.9 Å². The van der Waals surface area contributed by atoms with E-state index in [0.717, 1.165) is 53.9 Å². The van der Waals surface area contributed by atoms with Crippen LogP contribution in [-0.2, 0) is 27.4 Å². The van der Waals surface area contributed by atoms with Gasteiger partial charge >= 0.3 is 0 Å². The van der Waals surface area contributed by atoms with Crippen LogP contribution in [0.3, 0.4) is 0 Å². The summed E-state index contributed by atoms with van der Waals surface area (Å²) in [5.74, 6) is 0.0776. The number of hydrogen-bond donors (Lipinski definition) is 1. The molecule has 4 rings (SSSR count). The number of hydrogen-bond acceptors (Lipinski definition) is 3. The van der Waals surface area contributed by atoms with Crippen LogP contribution in [0.1, 0.15) is 30.9 Å². The third-order valence-electron chi connectivity index (χ3n) is 6.04. The molecule has 1 fully saturated rings. The summed E-state index contributed by atoms with van der Waals surface area (Å²) in [6.07, 6.45) is 2.28. The second kappa shape index (κ2) is 11.3. The number of amides is 2. The highest BCUT2D eigenvalue weighted by Gasteiger charge is 2.23. The molecule has 3 aromatic rings. The molecule has 1 saturated heterocycles. The molecule has 1 heterocycles. The summed E-state index contributed by atoms with van der Waals surface area (Å²) in [6.45, 7) is 3.51. The minimum atomic E-state index is -0.0766. The maximum atomic E-state index is 12.6. The first-order chi connectivity index (χ1) is 16.5. The first-order valence-electron chi connectivity index (χ1n) is 11.6. The normalized spacial score (nSPS) is 14.1. The molecular formula is C28H29ClN2O3. The van der Waals surface area contributed by atoms with Gasteiger partial charge in [0.15, 0.2) is 0 Å². The van der Waals surface area contributed by atoms with Gasteiger partial charge in [-0.1, -0.05) is 60.1 Å². The quantitative estimate of drug-likeness (QED) is 0.474. The number of rotatable bonds is 7. The van der Waals surface area contributed by atoms with Gasteiger partial charge in [0.1, 0.15) is 0 Å². The van der Waals surface area contributed by atoms with E-state index in [2.05, 4.69) is 29.6 Å². The van der Waals surface area contributed by atoms with Gasteiger partial charge in [-0.3, -0.25) is 9.59 Å². The first-order valence-corrected chi connectivity index (χ1v) is 11.9. The lowest BCUT2D eigenvalue weighted by atomic mass is 10.0. The number of benzene rings is 3. The fourth-order valence-corrected chi connectivity index (χ4v) is 4.24. The van der Waals surface area contributed by atoms with Crippen LogP contribution in [0.25, 0.3) is 11.1 Å². The van der Waals surface area contributed by atoms with Crippen molar-refractivity contribution in [1.82, 2.24) is 4.90 Å². The van der Waals surface area contributed by atoms with E-state index in [1.807, 2.05) is 53.4 Å². The summed E-state index contributed by atoms with van der Waals surface area (Å²) < 4.78 is 6.13. The molecule has 3 aromatic carbocycles. The molecule has 0 saturated carbocycles. The number of nitrogens with zero attached hydrogens (tertiary/aromatic N) is 1. The van der Waals surface area contributed by atoms with Crippen molar-refractivity contribution in [3.05, 3.63) is 88.9 Å². The Morgan fingerprint density at radius 2 is 1.44 bits per heavy atom. The lowest BCUT2D eigenvalue weighted by molar-refractivity contribution is -0.133. The monoisotopic (exact) mass is 476 g/mol. The van der Waals surface area contributed by atoms with Crippen molar-refractivity contribution in [1.29, 1.82) is 0 Å². The van der Waals surface area contributed by atoms with Gasteiger partial charge in [-0.2, -0.15) is 0 Å². The Morgan fingerprint density at radius 1 is 0.882 bits per heavy atom. The lowest BCUT2D eigenvalue weighted by Gasteiger charge is -2.32. The summed E-state index contributed by atoms with van der Waals surface area (Å²) in [4.78, 5) is 25.7. The van der Waals surface area contributed by atoms with Gasteiger partial charge in [-0.25, -0.2) is 0 Å². The van der Waals surface area contributed by atoms with Crippen molar-refractivity contribution < 1.29 is 14.3 Å². The highest BCUT2D eigenvalue weighted by atomic mass is 35.5. The van der Waals surface area contributed by atoms with E-state index in [-0.39, 0.29) is 17.9 Å². The molecule has 1 aliphatic heterocycles. The van der Waals surface area contributed by atoms with Crippen LogP contribution in [0, 0.1) is 0 Å². The maximum absolute atomic E-state index is 12.6. The molecule has 0 aromatic heterocycles. The van der Waals surface area contributed by atoms with Crippen LogP contribution in [0.4, 0.5) is 5.69 Å². The van der Waals surface area contributed by atoms with Crippen LogP contribution in [0.15, 0.2) is 72.8 Å². The van der Waals surface area contributed by atoms with Crippen LogP contribution in [-0.4, -0.2) is 35.9 Å². The third-order valence-corrected chi connectivity index (χ3v) is 6.29. The van der Waals surface area contributed by atoms with Gasteiger partial charge in [0, 0.05) is 30.7 Å². The van der Waals surface area contributed by atoms with Crippen LogP contribution < -0.4 is 5.32 Å². The highest BCUT2D eigenvalue weighted by molar-refractivity contribution is 6.30. The van der Waals surface area contributed by atoms with Gasteiger partial charge in [-0.05, 0) is 59.4 Å². The largest absolute Gasteiger partial charge is 0.373 e. The molecular weight excluding hydrogens is 448 g/mol. The Labute approximate surface area is 205 Å². The molecule has 0 bridgehead atoms. The second-order valence-electron chi connectivity index (χ2n) is 8.65. The van der Waals surface area contributed by atoms with Gasteiger partial charge in [0.25, 0.3) is 0 Å². The molecule has 6 heteroatoms. The van der Waals surface area contributed by atoms with Crippen molar-refractivity contribution in [3.63, 3.8) is 0 Å². The number of nitrogens with one attached hydrogen (secondary N) is 1. The summed E-state index contributed by atoms with van der Waals surface area (Å²) in [5.41, 5.74) is 5.11. The van der Waals surface area contributed by atoms with Crippen molar-refractivity contribution >= 4 is 29.1 Å². The van der Waals surface area contributed by atoms with E-state index in [1.54, 1.807) is 0 Å². The van der Waals surface area contributed by atoms with E-state index in [1.165, 1.54) is 6.92 Å². The summed E-state index contributed by atoms with van der Waals surface area (Å²) in [7, 11) is 0. The summed E-state index contributed by atoms with van der Waals surface area (Å²) >= 11 is 5.92. The molecule has 0 unspecified atom stereocenters.